The molecule has 1 rings (SSSR count). The van der Waals surface area contributed by atoms with E-state index < -0.39 is 16.4 Å². The van der Waals surface area contributed by atoms with Crippen LogP contribution in [0.3, 0.4) is 0 Å². The van der Waals surface area contributed by atoms with E-state index in [1.807, 2.05) is 32.8 Å². The molecule has 0 aliphatic heterocycles. The van der Waals surface area contributed by atoms with Crippen LogP contribution in [0.1, 0.15) is 13.8 Å². The summed E-state index contributed by atoms with van der Waals surface area (Å²) >= 11 is 0. The first-order valence-electron chi connectivity index (χ1n) is 5.49. The predicted molar refractivity (Wildman–Crippen MR) is 66.3 cm³/mol. The summed E-state index contributed by atoms with van der Waals surface area (Å²) in [4.78, 5) is 11.9. The predicted octanol–water partition coefficient (Wildman–Crippen LogP) is 2.45. The summed E-state index contributed by atoms with van der Waals surface area (Å²) in [5.74, 6) is -0.935. The Balaban J connectivity index is 2.92. The molecule has 0 heterocycles. The van der Waals surface area contributed by atoms with Crippen LogP contribution in [0.4, 0.5) is 10.1 Å². The molecular formula is C12H17FN2O3. The van der Waals surface area contributed by atoms with Gasteiger partial charge in [0.15, 0.2) is 5.75 Å². The highest BCUT2D eigenvalue weighted by atomic mass is 19.1. The third-order valence-electron chi connectivity index (χ3n) is 2.92. The Kier molecular flexibility index (Phi) is 4.24. The van der Waals surface area contributed by atoms with Crippen molar-refractivity contribution in [2.24, 2.45) is 0 Å². The lowest BCUT2D eigenvalue weighted by atomic mass is 10.1. The van der Waals surface area contributed by atoms with E-state index in [4.69, 9.17) is 4.74 Å². The topological polar surface area (TPSA) is 55.6 Å². The molecule has 0 aliphatic carbocycles. The molecular weight excluding hydrogens is 239 g/mol. The van der Waals surface area contributed by atoms with Crippen LogP contribution in [0.2, 0.25) is 0 Å². The van der Waals surface area contributed by atoms with Crippen molar-refractivity contribution in [3.8, 4) is 5.75 Å². The van der Waals surface area contributed by atoms with Crippen molar-refractivity contribution in [2.75, 3.05) is 20.7 Å². The highest BCUT2D eigenvalue weighted by Crippen LogP contribution is 2.30. The molecule has 0 aromatic heterocycles. The van der Waals surface area contributed by atoms with Crippen molar-refractivity contribution in [2.45, 2.75) is 19.4 Å². The standard InChI is InChI=1S/C12H17FN2O3/c1-12(2,14(3)4)8-18-10-7-5-6-9(13)11(10)15(16)17/h5-7H,8H2,1-4H3. The first kappa shape index (κ1) is 14.4. The first-order chi connectivity index (χ1) is 8.25. The van der Waals surface area contributed by atoms with Crippen LogP contribution in [-0.4, -0.2) is 36.1 Å². The molecule has 5 nitrogen and oxygen atoms in total. The van der Waals surface area contributed by atoms with Gasteiger partial charge in [-0.1, -0.05) is 6.07 Å². The third kappa shape index (κ3) is 3.16. The van der Waals surface area contributed by atoms with Gasteiger partial charge in [-0.2, -0.15) is 4.39 Å². The van der Waals surface area contributed by atoms with Crippen molar-refractivity contribution in [3.63, 3.8) is 0 Å². The number of rotatable bonds is 5. The molecule has 0 N–H and O–H groups in total. The zero-order chi connectivity index (χ0) is 13.9. The lowest BCUT2D eigenvalue weighted by Gasteiger charge is -2.32. The average Bonchev–Trinajstić information content (AvgIpc) is 2.25. The van der Waals surface area contributed by atoms with Gasteiger partial charge in [0.1, 0.15) is 6.61 Å². The van der Waals surface area contributed by atoms with Crippen LogP contribution in [0.5, 0.6) is 5.75 Å². The van der Waals surface area contributed by atoms with Crippen LogP contribution in [0.15, 0.2) is 18.2 Å². The second kappa shape index (κ2) is 5.30. The Morgan fingerprint density at radius 1 is 1.44 bits per heavy atom. The van der Waals surface area contributed by atoms with E-state index in [0.717, 1.165) is 6.07 Å². The third-order valence-corrected chi connectivity index (χ3v) is 2.92. The molecule has 0 radical (unpaired) electrons. The summed E-state index contributed by atoms with van der Waals surface area (Å²) in [5, 5.41) is 10.8. The maximum atomic E-state index is 13.3. The number of nitro groups is 1. The Bertz CT molecular complexity index is 447. The van der Waals surface area contributed by atoms with Crippen LogP contribution < -0.4 is 4.74 Å². The van der Waals surface area contributed by atoms with E-state index >= 15 is 0 Å². The normalized spacial score (nSPS) is 11.7. The van der Waals surface area contributed by atoms with E-state index in [1.54, 1.807) is 0 Å². The summed E-state index contributed by atoms with van der Waals surface area (Å²) in [7, 11) is 3.76. The summed E-state index contributed by atoms with van der Waals surface area (Å²) < 4.78 is 18.7. The number of halogens is 1. The van der Waals surface area contributed by atoms with Gasteiger partial charge < -0.3 is 9.64 Å². The highest BCUT2D eigenvalue weighted by Gasteiger charge is 2.25. The summed E-state index contributed by atoms with van der Waals surface area (Å²) in [6.45, 7) is 4.08. The van der Waals surface area contributed by atoms with E-state index in [-0.39, 0.29) is 17.9 Å². The SMILES string of the molecule is CN(C)C(C)(C)COc1cccc(F)c1[N+](=O)[O-]. The van der Waals surface area contributed by atoms with Crippen molar-refractivity contribution < 1.29 is 14.1 Å². The fraction of sp³-hybridized carbons (Fsp3) is 0.500. The Morgan fingerprint density at radius 3 is 2.56 bits per heavy atom. The molecule has 6 heteroatoms. The molecule has 100 valence electrons. The monoisotopic (exact) mass is 256 g/mol. The van der Waals surface area contributed by atoms with Crippen molar-refractivity contribution in [1.29, 1.82) is 0 Å². The Hall–Kier alpha value is -1.69. The van der Waals surface area contributed by atoms with E-state index in [2.05, 4.69) is 0 Å². The number of nitrogens with zero attached hydrogens (tertiary/aromatic N) is 2. The smallest absolute Gasteiger partial charge is 0.346 e. The number of ether oxygens (including phenoxy) is 1. The lowest BCUT2D eigenvalue weighted by molar-refractivity contribution is -0.388. The summed E-state index contributed by atoms with van der Waals surface area (Å²) in [5.41, 5.74) is -0.924. The van der Waals surface area contributed by atoms with E-state index in [9.17, 15) is 14.5 Å². The van der Waals surface area contributed by atoms with Crippen molar-refractivity contribution >= 4 is 5.69 Å². The highest BCUT2D eigenvalue weighted by molar-refractivity contribution is 5.47. The minimum atomic E-state index is -0.889. The molecule has 1 aromatic rings. The van der Waals surface area contributed by atoms with Gasteiger partial charge in [-0.05, 0) is 40.1 Å². The van der Waals surface area contributed by atoms with Gasteiger partial charge in [-0.15, -0.1) is 0 Å². The molecule has 0 bridgehead atoms. The Morgan fingerprint density at radius 2 is 2.06 bits per heavy atom. The number of benzene rings is 1. The van der Waals surface area contributed by atoms with Crippen molar-refractivity contribution in [3.05, 3.63) is 34.1 Å². The van der Waals surface area contributed by atoms with E-state index in [0.29, 0.717) is 0 Å². The van der Waals surface area contributed by atoms with Gasteiger partial charge in [0.25, 0.3) is 0 Å². The lowest BCUT2D eigenvalue weighted by Crippen LogP contribution is -2.43. The summed E-state index contributed by atoms with van der Waals surface area (Å²) in [6, 6.07) is 3.83. The Labute approximate surface area is 105 Å². The largest absolute Gasteiger partial charge is 0.485 e. The number of nitro benzene ring substituents is 1. The number of likely N-dealkylation sites (N-methyl/N-ethyl adjacent to an activating group) is 1. The van der Waals surface area contributed by atoms with Gasteiger partial charge >= 0.3 is 5.69 Å². The minimum absolute atomic E-state index is 0.0464. The maximum absolute atomic E-state index is 13.3. The molecule has 0 aliphatic rings. The quantitative estimate of drug-likeness (QED) is 0.600. The van der Waals surface area contributed by atoms with E-state index in [1.165, 1.54) is 12.1 Å². The minimum Gasteiger partial charge on any atom is -0.485 e. The molecule has 0 amide bonds. The fourth-order valence-corrected chi connectivity index (χ4v) is 1.17. The molecule has 0 unspecified atom stereocenters. The van der Waals surface area contributed by atoms with Gasteiger partial charge in [-0.3, -0.25) is 10.1 Å². The molecule has 0 fully saturated rings. The maximum Gasteiger partial charge on any atom is 0.346 e. The first-order valence-corrected chi connectivity index (χ1v) is 5.49. The van der Waals surface area contributed by atoms with Crippen molar-refractivity contribution in [1.82, 2.24) is 4.90 Å². The molecule has 0 saturated carbocycles. The molecule has 0 saturated heterocycles. The number of hydrogen-bond donors (Lipinski definition) is 0. The van der Waals surface area contributed by atoms with Crippen LogP contribution in [-0.2, 0) is 0 Å². The number of hydrogen-bond acceptors (Lipinski definition) is 4. The van der Waals surface area contributed by atoms with Gasteiger partial charge in [0.05, 0.1) is 4.92 Å². The molecule has 0 spiro atoms. The summed E-state index contributed by atoms with van der Waals surface area (Å²) in [6.07, 6.45) is 0. The zero-order valence-electron chi connectivity index (χ0n) is 10.9. The molecule has 1 aromatic carbocycles. The van der Waals surface area contributed by atoms with Crippen LogP contribution >= 0.6 is 0 Å². The van der Waals surface area contributed by atoms with Crippen LogP contribution in [0, 0.1) is 15.9 Å². The van der Waals surface area contributed by atoms with Gasteiger partial charge in [-0.25, -0.2) is 0 Å². The number of para-hydroxylation sites is 1. The van der Waals surface area contributed by atoms with Gasteiger partial charge in [0.2, 0.25) is 5.82 Å². The average molecular weight is 256 g/mol. The zero-order valence-corrected chi connectivity index (χ0v) is 10.9. The second-order valence-corrected chi connectivity index (χ2v) is 4.84. The fourth-order valence-electron chi connectivity index (χ4n) is 1.17. The van der Waals surface area contributed by atoms with Gasteiger partial charge in [0, 0.05) is 5.54 Å². The van der Waals surface area contributed by atoms with Crippen LogP contribution in [0.25, 0.3) is 0 Å². The molecule has 18 heavy (non-hydrogen) atoms. The molecule has 0 atom stereocenters. The second-order valence-electron chi connectivity index (χ2n) is 4.84.